The smallest absolute Gasteiger partial charge is 0.00860 e. The van der Waals surface area contributed by atoms with Crippen LogP contribution in [0.4, 0.5) is 0 Å². The maximum Gasteiger partial charge on any atom is 0.00860 e. The summed E-state index contributed by atoms with van der Waals surface area (Å²) in [5.41, 5.74) is 0. The Morgan fingerprint density at radius 2 is 0.308 bits per heavy atom. The summed E-state index contributed by atoms with van der Waals surface area (Å²) in [7, 11) is 0. The highest BCUT2D eigenvalue weighted by atomic mass is 14.1. The van der Waals surface area contributed by atoms with E-state index in [9.17, 15) is 0 Å². The zero-order valence-electron chi connectivity index (χ0n) is 36.7. The van der Waals surface area contributed by atoms with Gasteiger partial charge >= 0.3 is 0 Å². The molecule has 0 aliphatic heterocycles. The molecule has 0 heteroatoms. The molecule has 0 saturated carbocycles. The van der Waals surface area contributed by atoms with Crippen molar-refractivity contribution in [2.75, 3.05) is 0 Å². The molecule has 0 rings (SSSR count). The van der Waals surface area contributed by atoms with E-state index < -0.39 is 0 Å². The van der Waals surface area contributed by atoms with Crippen LogP contribution in [0.2, 0.25) is 0 Å². The van der Waals surface area contributed by atoms with E-state index in [1.54, 1.807) is 0 Å². The van der Waals surface area contributed by atoms with Gasteiger partial charge in [0.05, 0.1) is 0 Å². The van der Waals surface area contributed by atoms with Gasteiger partial charge in [0.15, 0.2) is 0 Å². The molecule has 0 atom stereocenters. The summed E-state index contributed by atoms with van der Waals surface area (Å²) in [6, 6.07) is 0. The highest BCUT2D eigenvalue weighted by Crippen LogP contribution is 2.18. The van der Waals surface area contributed by atoms with Gasteiger partial charge < -0.3 is 0 Å². The lowest BCUT2D eigenvalue weighted by Crippen LogP contribution is -1.85. The minimum Gasteiger partial charge on any atom is -0.120 e. The summed E-state index contributed by atoms with van der Waals surface area (Å²) >= 11 is 0. The van der Waals surface area contributed by atoms with Crippen LogP contribution in [0, 0.1) is 12.3 Å². The number of hydrogen-bond donors (Lipinski definition) is 0. The Hall–Kier alpha value is -0.440. The fourth-order valence-corrected chi connectivity index (χ4v) is 8.43. The Morgan fingerprint density at radius 3 is 0.423 bits per heavy atom. The highest BCUT2D eigenvalue weighted by Gasteiger charge is 1.99. The summed E-state index contributed by atoms with van der Waals surface area (Å²) in [5.74, 6) is 2.75. The van der Waals surface area contributed by atoms with Gasteiger partial charge in [0.25, 0.3) is 0 Å². The molecule has 0 aliphatic rings. The molecule has 52 heavy (non-hydrogen) atoms. The first-order valence-corrected chi connectivity index (χ1v) is 25.3. The third-order valence-electron chi connectivity index (χ3n) is 12.2. The molecule has 0 unspecified atom stereocenters. The molecular weight excluding hydrogens is 625 g/mol. The van der Waals surface area contributed by atoms with Crippen molar-refractivity contribution in [2.45, 2.75) is 322 Å². The largest absolute Gasteiger partial charge is 0.120 e. The predicted octanol–water partition coefficient (Wildman–Crippen LogP) is 19.8. The van der Waals surface area contributed by atoms with E-state index in [1.165, 1.54) is 308 Å². The van der Waals surface area contributed by atoms with E-state index in [0.717, 1.165) is 6.42 Å². The van der Waals surface area contributed by atoms with Gasteiger partial charge in [0.2, 0.25) is 0 Å². The molecule has 0 radical (unpaired) electrons. The molecule has 0 spiro atoms. The van der Waals surface area contributed by atoms with E-state index in [4.69, 9.17) is 6.42 Å². The molecule has 0 aliphatic carbocycles. The minimum atomic E-state index is 0.972. The first-order valence-electron chi connectivity index (χ1n) is 25.3. The first kappa shape index (κ1) is 51.6. The number of terminal acetylenes is 1. The van der Waals surface area contributed by atoms with Crippen LogP contribution in [0.1, 0.15) is 322 Å². The molecule has 0 fully saturated rings. The van der Waals surface area contributed by atoms with Gasteiger partial charge in [-0.05, 0) is 6.42 Å². The summed E-state index contributed by atoms with van der Waals surface area (Å²) < 4.78 is 0. The molecule has 0 aromatic carbocycles. The quantitative estimate of drug-likeness (QED) is 0.0433. The second-order valence-corrected chi connectivity index (χ2v) is 17.6. The Kier molecular flexibility index (Phi) is 50.1. The molecule has 0 N–H and O–H groups in total. The minimum absolute atomic E-state index is 0.972. The van der Waals surface area contributed by atoms with Gasteiger partial charge in [0, 0.05) is 6.42 Å². The average Bonchev–Trinajstić information content (AvgIpc) is 3.16. The van der Waals surface area contributed by atoms with Gasteiger partial charge in [-0.3, -0.25) is 0 Å². The summed E-state index contributed by atoms with van der Waals surface area (Å²) in [5, 5.41) is 0. The Morgan fingerprint density at radius 1 is 0.192 bits per heavy atom. The van der Waals surface area contributed by atoms with Crippen LogP contribution in [0.3, 0.4) is 0 Å². The van der Waals surface area contributed by atoms with E-state index in [1.807, 2.05) is 0 Å². The zero-order valence-corrected chi connectivity index (χ0v) is 36.7. The Bertz CT molecular complexity index is 626. The Labute approximate surface area is 332 Å². The number of rotatable bonds is 48. The van der Waals surface area contributed by atoms with Crippen LogP contribution >= 0.6 is 0 Å². The molecule has 0 amide bonds. The normalized spacial score (nSPS) is 11.5. The molecule has 0 aromatic rings. The topological polar surface area (TPSA) is 0 Å². The number of hydrogen-bond acceptors (Lipinski definition) is 0. The first-order chi connectivity index (χ1) is 25.9. The lowest BCUT2D eigenvalue weighted by atomic mass is 10.0. The van der Waals surface area contributed by atoms with E-state index in [0.29, 0.717) is 0 Å². The molecule has 310 valence electrons. The van der Waals surface area contributed by atoms with Crippen LogP contribution in [0.15, 0.2) is 0 Å². The second kappa shape index (κ2) is 50.6. The van der Waals surface area contributed by atoms with Crippen molar-refractivity contribution in [1.82, 2.24) is 0 Å². The van der Waals surface area contributed by atoms with Gasteiger partial charge in [0.1, 0.15) is 0 Å². The maximum absolute atomic E-state index is 5.31. The van der Waals surface area contributed by atoms with E-state index >= 15 is 0 Å². The van der Waals surface area contributed by atoms with Crippen LogP contribution < -0.4 is 0 Å². The van der Waals surface area contributed by atoms with Crippen LogP contribution in [-0.4, -0.2) is 0 Å². The van der Waals surface area contributed by atoms with E-state index in [2.05, 4.69) is 12.8 Å². The predicted molar refractivity (Wildman–Crippen MR) is 241 cm³/mol. The van der Waals surface area contributed by atoms with E-state index in [-0.39, 0.29) is 0 Å². The second-order valence-electron chi connectivity index (χ2n) is 17.6. The maximum atomic E-state index is 5.31. The molecule has 0 saturated heterocycles. The molecule has 0 aromatic heterocycles. The van der Waals surface area contributed by atoms with Crippen molar-refractivity contribution in [3.63, 3.8) is 0 Å². The van der Waals surface area contributed by atoms with Crippen molar-refractivity contribution in [3.05, 3.63) is 0 Å². The summed E-state index contributed by atoms with van der Waals surface area (Å²) in [6.07, 6.45) is 76.9. The van der Waals surface area contributed by atoms with Crippen molar-refractivity contribution in [3.8, 4) is 12.3 Å². The van der Waals surface area contributed by atoms with Crippen molar-refractivity contribution in [1.29, 1.82) is 0 Å². The van der Waals surface area contributed by atoms with Gasteiger partial charge in [-0.25, -0.2) is 0 Å². The molecule has 0 bridgehead atoms. The molecule has 0 heterocycles. The SMILES string of the molecule is C#CCCCCCCCCCCCCCCCCCCCCCCCCCCCCCCCCCCCCCCCCCCCCCCCCCC. The standard InChI is InChI=1S/C52H102/c1-3-5-7-9-11-13-15-17-19-21-23-25-27-29-31-33-35-37-39-41-43-45-47-49-51-52-50-48-46-44-42-40-38-36-34-32-30-28-26-24-22-20-18-16-14-12-10-8-6-4-2/h1H,4-52H2,2H3. The molecular formula is C52H102. The monoisotopic (exact) mass is 727 g/mol. The zero-order chi connectivity index (χ0) is 37.4. The lowest BCUT2D eigenvalue weighted by Gasteiger charge is -2.05. The van der Waals surface area contributed by atoms with Crippen molar-refractivity contribution >= 4 is 0 Å². The highest BCUT2D eigenvalue weighted by molar-refractivity contribution is 4.82. The van der Waals surface area contributed by atoms with Crippen LogP contribution in [-0.2, 0) is 0 Å². The van der Waals surface area contributed by atoms with Crippen LogP contribution in [0.25, 0.3) is 0 Å². The third-order valence-corrected chi connectivity index (χ3v) is 12.2. The van der Waals surface area contributed by atoms with Gasteiger partial charge in [-0.2, -0.15) is 0 Å². The summed E-state index contributed by atoms with van der Waals surface area (Å²) in [4.78, 5) is 0. The van der Waals surface area contributed by atoms with Gasteiger partial charge in [-0.1, -0.05) is 309 Å². The van der Waals surface area contributed by atoms with Crippen molar-refractivity contribution < 1.29 is 0 Å². The fraction of sp³-hybridized carbons (Fsp3) is 0.962. The third kappa shape index (κ3) is 49.6. The van der Waals surface area contributed by atoms with Gasteiger partial charge in [-0.15, -0.1) is 12.3 Å². The van der Waals surface area contributed by atoms with Crippen molar-refractivity contribution in [2.24, 2.45) is 0 Å². The molecule has 0 nitrogen and oxygen atoms in total. The lowest BCUT2D eigenvalue weighted by molar-refractivity contribution is 0.508. The Balaban J connectivity index is 3.05. The summed E-state index contributed by atoms with van der Waals surface area (Å²) in [6.45, 7) is 2.31. The number of unbranched alkanes of at least 4 members (excludes halogenated alkanes) is 48. The fourth-order valence-electron chi connectivity index (χ4n) is 8.43. The van der Waals surface area contributed by atoms with Crippen LogP contribution in [0.5, 0.6) is 0 Å². The average molecular weight is 727 g/mol.